The van der Waals surface area contributed by atoms with Crippen molar-refractivity contribution >= 4 is 22.6 Å². The number of carbonyl (C=O) groups excluding carboxylic acids is 1. The Bertz CT molecular complexity index is 953. The average Bonchev–Trinajstić information content (AvgIpc) is 2.78. The van der Waals surface area contributed by atoms with E-state index < -0.39 is 0 Å². The van der Waals surface area contributed by atoms with E-state index in [1.165, 1.54) is 9.13 Å². The van der Waals surface area contributed by atoms with E-state index in [0.717, 1.165) is 5.56 Å². The summed E-state index contributed by atoms with van der Waals surface area (Å²) in [6, 6.07) is 12.3. The summed E-state index contributed by atoms with van der Waals surface area (Å²) < 4.78 is 7.77. The summed E-state index contributed by atoms with van der Waals surface area (Å²) in [5.41, 5.74) is 7.89. The molecule has 2 aromatic carbocycles. The third-order valence-corrected chi connectivity index (χ3v) is 3.82. The van der Waals surface area contributed by atoms with Gasteiger partial charge in [-0.25, -0.2) is 9.36 Å². The van der Waals surface area contributed by atoms with Crippen LogP contribution in [-0.2, 0) is 13.5 Å². The molecule has 6 nitrogen and oxygen atoms in total. The number of aryl methyl sites for hydroxylation is 1. The van der Waals surface area contributed by atoms with Crippen LogP contribution in [0.15, 0.2) is 47.3 Å². The zero-order valence-electron chi connectivity index (χ0n) is 12.9. The molecule has 1 aromatic heterocycles. The number of carbonyl (C=O) groups is 1. The van der Waals surface area contributed by atoms with Crippen LogP contribution in [-0.4, -0.2) is 22.2 Å². The molecule has 0 spiro atoms. The highest BCUT2D eigenvalue weighted by Gasteiger charge is 2.17. The SMILES string of the molecule is COc1cccc(CC(=O)n2c(=O)n(C)c3ccc(N)cc32)c1. The van der Waals surface area contributed by atoms with Crippen LogP contribution in [0.4, 0.5) is 5.69 Å². The normalized spacial score (nSPS) is 10.9. The van der Waals surface area contributed by atoms with Crippen LogP contribution in [0, 0.1) is 0 Å². The molecular weight excluding hydrogens is 294 g/mol. The van der Waals surface area contributed by atoms with Gasteiger partial charge in [0.2, 0.25) is 5.91 Å². The smallest absolute Gasteiger partial charge is 0.335 e. The number of methoxy groups -OCH3 is 1. The second-order valence-electron chi connectivity index (χ2n) is 5.35. The van der Waals surface area contributed by atoms with Crippen molar-refractivity contribution in [3.63, 3.8) is 0 Å². The Hall–Kier alpha value is -3.02. The number of ether oxygens (including phenoxy) is 1. The average molecular weight is 311 g/mol. The highest BCUT2D eigenvalue weighted by molar-refractivity contribution is 5.92. The van der Waals surface area contributed by atoms with Gasteiger partial charge in [0, 0.05) is 12.7 Å². The number of benzene rings is 2. The number of aromatic nitrogens is 2. The highest BCUT2D eigenvalue weighted by atomic mass is 16.5. The Morgan fingerprint density at radius 1 is 1.17 bits per heavy atom. The quantitative estimate of drug-likeness (QED) is 0.748. The van der Waals surface area contributed by atoms with Crippen LogP contribution in [0.2, 0.25) is 0 Å². The summed E-state index contributed by atoms with van der Waals surface area (Å²) in [7, 11) is 3.20. The predicted molar refractivity (Wildman–Crippen MR) is 88.9 cm³/mol. The molecule has 0 bridgehead atoms. The van der Waals surface area contributed by atoms with Gasteiger partial charge in [0.15, 0.2) is 0 Å². The molecule has 0 amide bonds. The van der Waals surface area contributed by atoms with Gasteiger partial charge >= 0.3 is 5.69 Å². The van der Waals surface area contributed by atoms with E-state index in [1.54, 1.807) is 44.5 Å². The summed E-state index contributed by atoms with van der Waals surface area (Å²) in [5, 5.41) is 0. The van der Waals surface area contributed by atoms with Crippen molar-refractivity contribution in [2.45, 2.75) is 6.42 Å². The molecule has 0 saturated carbocycles. The Kier molecular flexibility index (Phi) is 3.65. The van der Waals surface area contributed by atoms with Gasteiger partial charge in [-0.15, -0.1) is 0 Å². The lowest BCUT2D eigenvalue weighted by Crippen LogP contribution is -2.28. The maximum Gasteiger partial charge on any atom is 0.335 e. The fourth-order valence-electron chi connectivity index (χ4n) is 2.64. The molecule has 0 aliphatic carbocycles. The Morgan fingerprint density at radius 3 is 2.70 bits per heavy atom. The van der Waals surface area contributed by atoms with Crippen molar-refractivity contribution in [1.29, 1.82) is 0 Å². The van der Waals surface area contributed by atoms with Gasteiger partial charge in [-0.05, 0) is 35.9 Å². The standard InChI is InChI=1S/C17H17N3O3/c1-19-14-7-6-12(18)10-15(14)20(17(19)22)16(21)9-11-4-3-5-13(8-11)23-2/h3-8,10H,9,18H2,1-2H3. The van der Waals surface area contributed by atoms with Crippen LogP contribution >= 0.6 is 0 Å². The number of hydrogen-bond donors (Lipinski definition) is 1. The first-order chi connectivity index (χ1) is 11.0. The van der Waals surface area contributed by atoms with Crippen molar-refractivity contribution in [2.75, 3.05) is 12.8 Å². The molecule has 0 radical (unpaired) electrons. The van der Waals surface area contributed by atoms with Crippen LogP contribution in [0.3, 0.4) is 0 Å². The van der Waals surface area contributed by atoms with Crippen molar-refractivity contribution in [1.82, 2.24) is 9.13 Å². The minimum Gasteiger partial charge on any atom is -0.497 e. The second kappa shape index (κ2) is 5.64. The zero-order chi connectivity index (χ0) is 16.6. The second-order valence-corrected chi connectivity index (χ2v) is 5.35. The van der Waals surface area contributed by atoms with E-state index in [0.29, 0.717) is 22.5 Å². The molecule has 0 unspecified atom stereocenters. The van der Waals surface area contributed by atoms with Gasteiger partial charge in [0.05, 0.1) is 24.6 Å². The minimum atomic E-state index is -0.376. The monoisotopic (exact) mass is 311 g/mol. The van der Waals surface area contributed by atoms with Crippen molar-refractivity contribution < 1.29 is 9.53 Å². The molecule has 118 valence electrons. The van der Waals surface area contributed by atoms with Crippen LogP contribution in [0.5, 0.6) is 5.75 Å². The summed E-state index contributed by atoms with van der Waals surface area (Å²) in [5.74, 6) is 0.365. The molecule has 1 heterocycles. The predicted octanol–water partition coefficient (Wildman–Crippen LogP) is 1.81. The molecular formula is C17H17N3O3. The third kappa shape index (κ3) is 2.59. The molecule has 0 atom stereocenters. The van der Waals surface area contributed by atoms with E-state index >= 15 is 0 Å². The molecule has 0 fully saturated rings. The minimum absolute atomic E-state index is 0.102. The Balaban J connectivity index is 2.05. The number of nitrogen functional groups attached to an aromatic ring is 1. The van der Waals surface area contributed by atoms with E-state index in [-0.39, 0.29) is 18.0 Å². The molecule has 23 heavy (non-hydrogen) atoms. The molecule has 0 saturated heterocycles. The summed E-state index contributed by atoms with van der Waals surface area (Å²) in [6.45, 7) is 0. The van der Waals surface area contributed by atoms with Crippen LogP contribution in [0.25, 0.3) is 11.0 Å². The van der Waals surface area contributed by atoms with E-state index in [1.807, 2.05) is 12.1 Å². The summed E-state index contributed by atoms with van der Waals surface area (Å²) in [6.07, 6.45) is 0.102. The number of nitrogens with two attached hydrogens (primary N) is 1. The number of imidazole rings is 1. The van der Waals surface area contributed by atoms with Crippen LogP contribution < -0.4 is 16.2 Å². The van der Waals surface area contributed by atoms with Gasteiger partial charge < -0.3 is 10.5 Å². The maximum absolute atomic E-state index is 12.6. The largest absolute Gasteiger partial charge is 0.497 e. The van der Waals surface area contributed by atoms with Crippen molar-refractivity contribution in [3.05, 3.63) is 58.5 Å². The molecule has 0 aliphatic heterocycles. The first-order valence-electron chi connectivity index (χ1n) is 7.14. The van der Waals surface area contributed by atoms with Gasteiger partial charge in [0.1, 0.15) is 5.75 Å². The van der Waals surface area contributed by atoms with Crippen LogP contribution in [0.1, 0.15) is 10.4 Å². The topological polar surface area (TPSA) is 79.2 Å². The Labute approximate surface area is 132 Å². The van der Waals surface area contributed by atoms with Gasteiger partial charge in [-0.1, -0.05) is 12.1 Å². The summed E-state index contributed by atoms with van der Waals surface area (Å²) >= 11 is 0. The number of hydrogen-bond acceptors (Lipinski definition) is 4. The van der Waals surface area contributed by atoms with Crippen molar-refractivity contribution in [2.24, 2.45) is 7.05 Å². The fraction of sp³-hybridized carbons (Fsp3) is 0.176. The Morgan fingerprint density at radius 2 is 1.96 bits per heavy atom. The maximum atomic E-state index is 12.6. The van der Waals surface area contributed by atoms with Gasteiger partial charge in [-0.2, -0.15) is 0 Å². The van der Waals surface area contributed by atoms with Crippen molar-refractivity contribution in [3.8, 4) is 5.75 Å². The number of anilines is 1. The summed E-state index contributed by atoms with van der Waals surface area (Å²) in [4.78, 5) is 25.0. The first-order valence-corrected chi connectivity index (χ1v) is 7.14. The number of rotatable bonds is 3. The molecule has 3 aromatic rings. The van der Waals surface area contributed by atoms with E-state index in [2.05, 4.69) is 0 Å². The van der Waals surface area contributed by atoms with E-state index in [9.17, 15) is 9.59 Å². The molecule has 2 N–H and O–H groups in total. The van der Waals surface area contributed by atoms with E-state index in [4.69, 9.17) is 10.5 Å². The number of fused-ring (bicyclic) bond motifs is 1. The molecule has 6 heteroatoms. The molecule has 0 aliphatic rings. The zero-order valence-corrected chi connectivity index (χ0v) is 12.9. The third-order valence-electron chi connectivity index (χ3n) is 3.82. The van der Waals surface area contributed by atoms with Gasteiger partial charge in [0.25, 0.3) is 0 Å². The highest BCUT2D eigenvalue weighted by Crippen LogP contribution is 2.18. The number of nitrogens with zero attached hydrogens (tertiary/aromatic N) is 2. The molecule has 3 rings (SSSR count). The first kappa shape index (κ1) is 14.9. The van der Waals surface area contributed by atoms with Gasteiger partial charge in [-0.3, -0.25) is 9.36 Å². The lowest BCUT2D eigenvalue weighted by atomic mass is 10.1. The lowest BCUT2D eigenvalue weighted by molar-refractivity contribution is 0.0914. The lowest BCUT2D eigenvalue weighted by Gasteiger charge is -2.05. The fourth-order valence-corrected chi connectivity index (χ4v) is 2.64.